The molecule has 0 radical (unpaired) electrons. The number of aliphatic carboxylic acids is 1. The molecule has 1 unspecified atom stereocenters. The van der Waals surface area contributed by atoms with Crippen LogP contribution in [0.3, 0.4) is 0 Å². The van der Waals surface area contributed by atoms with E-state index in [0.717, 1.165) is 18.4 Å². The molecular formula is C15H22N4O4. The lowest BCUT2D eigenvalue weighted by Crippen LogP contribution is -2.46. The number of allylic oxidation sites excluding steroid dienone is 3. The zero-order valence-corrected chi connectivity index (χ0v) is 13.3. The average Bonchev–Trinajstić information content (AvgIpc) is 2.70. The minimum Gasteiger partial charge on any atom is -0.480 e. The van der Waals surface area contributed by atoms with Gasteiger partial charge in [0.25, 0.3) is 0 Å². The second kappa shape index (κ2) is 6.51. The number of nitro groups is 1. The van der Waals surface area contributed by atoms with Crippen LogP contribution in [0.15, 0.2) is 35.2 Å². The van der Waals surface area contributed by atoms with E-state index < -0.39 is 22.5 Å². The van der Waals surface area contributed by atoms with Crippen LogP contribution in [0.1, 0.15) is 32.6 Å². The summed E-state index contributed by atoms with van der Waals surface area (Å²) < 4.78 is 0. The predicted molar refractivity (Wildman–Crippen MR) is 84.6 cm³/mol. The van der Waals surface area contributed by atoms with E-state index in [0.29, 0.717) is 12.0 Å². The summed E-state index contributed by atoms with van der Waals surface area (Å²) in [5.41, 5.74) is 9.48. The molecule has 23 heavy (non-hydrogen) atoms. The van der Waals surface area contributed by atoms with Crippen molar-refractivity contribution in [1.82, 2.24) is 10.4 Å². The van der Waals surface area contributed by atoms with Crippen molar-refractivity contribution in [3.05, 3.63) is 45.3 Å². The Morgan fingerprint density at radius 2 is 2.30 bits per heavy atom. The average molecular weight is 322 g/mol. The Hall–Kier alpha value is -2.19. The fourth-order valence-electron chi connectivity index (χ4n) is 3.15. The standard InChI is InChI=1S/C15H22N4O4/c1-15(9-10-6-4-3-5-7-10)11(8-12(16)14(20)21)13(19(22)23)18(2)17-15/h4,6-7,12,17H,3,5,8-9,16H2,1-2H3,(H,20,21)/t12-,15?/m0/s1. The molecule has 0 bridgehead atoms. The molecule has 1 aliphatic heterocycles. The Kier molecular flexibility index (Phi) is 4.86. The van der Waals surface area contributed by atoms with Gasteiger partial charge < -0.3 is 21.0 Å². The van der Waals surface area contributed by atoms with Gasteiger partial charge in [0.2, 0.25) is 0 Å². The van der Waals surface area contributed by atoms with Crippen molar-refractivity contribution < 1.29 is 14.8 Å². The lowest BCUT2D eigenvalue weighted by atomic mass is 9.82. The van der Waals surface area contributed by atoms with E-state index in [2.05, 4.69) is 17.6 Å². The maximum atomic E-state index is 11.4. The third-order valence-corrected chi connectivity index (χ3v) is 4.21. The second-order valence-electron chi connectivity index (χ2n) is 6.15. The highest BCUT2D eigenvalue weighted by molar-refractivity contribution is 5.73. The lowest BCUT2D eigenvalue weighted by Gasteiger charge is -2.27. The largest absolute Gasteiger partial charge is 0.480 e. The maximum absolute atomic E-state index is 11.4. The lowest BCUT2D eigenvalue weighted by molar-refractivity contribution is -0.446. The van der Waals surface area contributed by atoms with Crippen molar-refractivity contribution in [2.75, 3.05) is 7.05 Å². The van der Waals surface area contributed by atoms with Crippen molar-refractivity contribution in [2.45, 2.75) is 44.2 Å². The van der Waals surface area contributed by atoms with E-state index in [1.54, 1.807) is 7.05 Å². The SMILES string of the molecule is CN1NC(C)(CC2=CCCC=C2)C(C[C@H](N)C(=O)O)=C1[N+](=O)[O-]. The molecule has 126 valence electrons. The minimum absolute atomic E-state index is 0.0729. The van der Waals surface area contributed by atoms with Crippen LogP contribution in [0, 0.1) is 10.1 Å². The Labute approximate surface area is 134 Å². The first-order chi connectivity index (χ1) is 10.7. The van der Waals surface area contributed by atoms with Gasteiger partial charge in [-0.3, -0.25) is 4.79 Å². The molecule has 0 saturated carbocycles. The highest BCUT2D eigenvalue weighted by Crippen LogP contribution is 2.37. The molecule has 0 spiro atoms. The van der Waals surface area contributed by atoms with E-state index >= 15 is 0 Å². The van der Waals surface area contributed by atoms with Gasteiger partial charge in [0, 0.05) is 6.42 Å². The number of hydrogen-bond donors (Lipinski definition) is 3. The number of hydrazine groups is 1. The fraction of sp³-hybridized carbons (Fsp3) is 0.533. The number of carboxylic acids is 1. The van der Waals surface area contributed by atoms with Crippen LogP contribution in [0.4, 0.5) is 0 Å². The molecule has 2 atom stereocenters. The van der Waals surface area contributed by atoms with Gasteiger partial charge >= 0.3 is 11.8 Å². The van der Waals surface area contributed by atoms with Crippen LogP contribution < -0.4 is 11.2 Å². The molecule has 0 aromatic carbocycles. The molecule has 8 nitrogen and oxygen atoms in total. The molecule has 0 aromatic heterocycles. The van der Waals surface area contributed by atoms with Crippen LogP contribution in [-0.4, -0.2) is 39.6 Å². The first-order valence-corrected chi connectivity index (χ1v) is 7.48. The Balaban J connectivity index is 2.36. The zero-order valence-electron chi connectivity index (χ0n) is 13.3. The molecule has 2 aliphatic rings. The highest BCUT2D eigenvalue weighted by atomic mass is 16.6. The number of hydrogen-bond acceptors (Lipinski definition) is 6. The summed E-state index contributed by atoms with van der Waals surface area (Å²) in [4.78, 5) is 22.0. The highest BCUT2D eigenvalue weighted by Gasteiger charge is 2.47. The minimum atomic E-state index is -1.18. The first kappa shape index (κ1) is 17.2. The van der Waals surface area contributed by atoms with Crippen LogP contribution in [0.5, 0.6) is 0 Å². The number of carbonyl (C=O) groups is 1. The second-order valence-corrected chi connectivity index (χ2v) is 6.15. The smallest absolute Gasteiger partial charge is 0.337 e. The monoisotopic (exact) mass is 322 g/mol. The molecule has 0 aromatic rings. The van der Waals surface area contributed by atoms with Crippen LogP contribution in [0.2, 0.25) is 0 Å². The van der Waals surface area contributed by atoms with Gasteiger partial charge in [0.15, 0.2) is 0 Å². The summed E-state index contributed by atoms with van der Waals surface area (Å²) in [5, 5.41) is 21.8. The summed E-state index contributed by atoms with van der Waals surface area (Å²) in [6.45, 7) is 1.84. The zero-order chi connectivity index (χ0) is 17.2. The Morgan fingerprint density at radius 3 is 2.83 bits per heavy atom. The molecule has 1 heterocycles. The molecule has 0 amide bonds. The van der Waals surface area contributed by atoms with Gasteiger partial charge in [-0.25, -0.2) is 0 Å². The third-order valence-electron chi connectivity index (χ3n) is 4.21. The van der Waals surface area contributed by atoms with E-state index in [1.165, 1.54) is 5.01 Å². The van der Waals surface area contributed by atoms with Gasteiger partial charge in [-0.05, 0) is 31.1 Å². The van der Waals surface area contributed by atoms with Crippen molar-refractivity contribution >= 4 is 5.97 Å². The first-order valence-electron chi connectivity index (χ1n) is 7.48. The number of nitrogens with one attached hydrogen (secondary N) is 1. The van der Waals surface area contributed by atoms with Gasteiger partial charge in [0.1, 0.15) is 6.04 Å². The van der Waals surface area contributed by atoms with Crippen LogP contribution in [0.25, 0.3) is 0 Å². The molecule has 2 rings (SSSR count). The number of nitrogens with zero attached hydrogens (tertiary/aromatic N) is 2. The summed E-state index contributed by atoms with van der Waals surface area (Å²) in [7, 11) is 1.56. The summed E-state index contributed by atoms with van der Waals surface area (Å²) in [6, 6.07) is -1.18. The Bertz CT molecular complexity index is 611. The van der Waals surface area contributed by atoms with Gasteiger partial charge in [-0.15, -0.1) is 0 Å². The van der Waals surface area contributed by atoms with Gasteiger partial charge in [-0.2, -0.15) is 10.4 Å². The van der Waals surface area contributed by atoms with Crippen LogP contribution in [-0.2, 0) is 4.79 Å². The van der Waals surface area contributed by atoms with Crippen molar-refractivity contribution in [3.8, 4) is 0 Å². The third kappa shape index (κ3) is 3.59. The van der Waals surface area contributed by atoms with E-state index in [-0.39, 0.29) is 12.2 Å². The summed E-state index contributed by atoms with van der Waals surface area (Å²) in [6.07, 6.45) is 8.57. The van der Waals surface area contributed by atoms with Crippen molar-refractivity contribution in [1.29, 1.82) is 0 Å². The number of nitrogens with two attached hydrogens (primary N) is 1. The molecule has 8 heteroatoms. The van der Waals surface area contributed by atoms with E-state index in [4.69, 9.17) is 10.8 Å². The fourth-order valence-corrected chi connectivity index (χ4v) is 3.15. The topological polar surface area (TPSA) is 122 Å². The predicted octanol–water partition coefficient (Wildman–Crippen LogP) is 1.15. The van der Waals surface area contributed by atoms with Gasteiger partial charge in [-0.1, -0.05) is 23.8 Å². The quantitative estimate of drug-likeness (QED) is 0.495. The number of rotatable bonds is 6. The Morgan fingerprint density at radius 1 is 1.61 bits per heavy atom. The molecule has 1 aliphatic carbocycles. The van der Waals surface area contributed by atoms with Gasteiger partial charge in [0.05, 0.1) is 18.2 Å². The van der Waals surface area contributed by atoms with Crippen molar-refractivity contribution in [3.63, 3.8) is 0 Å². The molecular weight excluding hydrogens is 300 g/mol. The molecule has 4 N–H and O–H groups in total. The van der Waals surface area contributed by atoms with Crippen LogP contribution >= 0.6 is 0 Å². The van der Waals surface area contributed by atoms with E-state index in [1.807, 2.05) is 13.0 Å². The van der Waals surface area contributed by atoms with Crippen molar-refractivity contribution in [2.24, 2.45) is 5.73 Å². The maximum Gasteiger partial charge on any atom is 0.337 e. The summed E-state index contributed by atoms with van der Waals surface area (Å²) in [5.74, 6) is -1.29. The molecule has 0 fully saturated rings. The van der Waals surface area contributed by atoms with E-state index in [9.17, 15) is 14.9 Å². The molecule has 0 saturated heterocycles. The summed E-state index contributed by atoms with van der Waals surface area (Å²) >= 11 is 0. The normalized spacial score (nSPS) is 25.5. The number of carboxylic acid groups (broad SMARTS) is 1.